The molecule has 136 valence electrons. The van der Waals surface area contributed by atoms with Crippen LogP contribution in [0.3, 0.4) is 0 Å². The summed E-state index contributed by atoms with van der Waals surface area (Å²) in [5, 5.41) is 10.5. The molecule has 2 heterocycles. The predicted octanol–water partition coefficient (Wildman–Crippen LogP) is 3.60. The van der Waals surface area contributed by atoms with Crippen molar-refractivity contribution in [2.45, 2.75) is 24.8 Å². The molecule has 26 heavy (non-hydrogen) atoms. The molecule has 3 rings (SSSR count). The molecule has 2 aromatic heterocycles. The molecule has 0 atom stereocenters. The fraction of sp³-hybridized carbons (Fsp3) is 0.294. The van der Waals surface area contributed by atoms with Crippen molar-refractivity contribution < 1.29 is 9.53 Å². The van der Waals surface area contributed by atoms with Gasteiger partial charge in [0.15, 0.2) is 11.0 Å². The van der Waals surface area contributed by atoms with Crippen LogP contribution in [-0.2, 0) is 10.5 Å². The molecular weight excluding hydrogens is 370 g/mol. The summed E-state index contributed by atoms with van der Waals surface area (Å²) in [6.45, 7) is 4.10. The van der Waals surface area contributed by atoms with Crippen molar-refractivity contribution in [3.8, 4) is 17.1 Å². The number of rotatable bonds is 7. The van der Waals surface area contributed by atoms with Gasteiger partial charge in [0.05, 0.1) is 12.8 Å². The van der Waals surface area contributed by atoms with Crippen LogP contribution in [0.4, 0.5) is 5.13 Å². The lowest BCUT2D eigenvalue weighted by Gasteiger charge is -2.14. The SMILES string of the molecule is CCN(C(C)=O)c1nc(CSc2n[nH]c(-c3ccc(OC)cc3)n2)cs1. The third-order valence-corrected chi connectivity index (χ3v) is 5.44. The Labute approximate surface area is 159 Å². The van der Waals surface area contributed by atoms with Crippen LogP contribution >= 0.6 is 23.1 Å². The quantitative estimate of drug-likeness (QED) is 0.622. The number of hydrogen-bond acceptors (Lipinski definition) is 7. The van der Waals surface area contributed by atoms with Gasteiger partial charge in [-0.25, -0.2) is 9.97 Å². The Bertz CT molecular complexity index is 875. The lowest BCUT2D eigenvalue weighted by Crippen LogP contribution is -2.27. The molecule has 7 nitrogen and oxygen atoms in total. The number of H-pyrrole nitrogens is 1. The lowest BCUT2D eigenvalue weighted by atomic mass is 10.2. The number of benzene rings is 1. The number of carbonyl (C=O) groups excluding carboxylic acids is 1. The van der Waals surface area contributed by atoms with Crippen LogP contribution in [-0.4, -0.2) is 39.7 Å². The highest BCUT2D eigenvalue weighted by molar-refractivity contribution is 7.98. The number of aromatic nitrogens is 4. The number of thioether (sulfide) groups is 1. The molecule has 3 aromatic rings. The van der Waals surface area contributed by atoms with E-state index in [1.54, 1.807) is 18.9 Å². The molecule has 9 heteroatoms. The minimum Gasteiger partial charge on any atom is -0.497 e. The van der Waals surface area contributed by atoms with Crippen molar-refractivity contribution in [3.05, 3.63) is 35.3 Å². The number of nitrogens with zero attached hydrogens (tertiary/aromatic N) is 4. The van der Waals surface area contributed by atoms with Gasteiger partial charge < -0.3 is 4.74 Å². The van der Waals surface area contributed by atoms with Gasteiger partial charge in [0.1, 0.15) is 5.75 Å². The molecule has 0 saturated carbocycles. The van der Waals surface area contributed by atoms with Gasteiger partial charge in [-0.1, -0.05) is 11.8 Å². The van der Waals surface area contributed by atoms with Gasteiger partial charge in [-0.3, -0.25) is 14.8 Å². The highest BCUT2D eigenvalue weighted by Gasteiger charge is 2.14. The summed E-state index contributed by atoms with van der Waals surface area (Å²) in [7, 11) is 1.64. The van der Waals surface area contributed by atoms with E-state index >= 15 is 0 Å². The summed E-state index contributed by atoms with van der Waals surface area (Å²) >= 11 is 2.97. The maximum atomic E-state index is 11.6. The van der Waals surface area contributed by atoms with Crippen LogP contribution in [0, 0.1) is 0 Å². The van der Waals surface area contributed by atoms with E-state index in [0.717, 1.165) is 22.1 Å². The second-order valence-corrected chi connectivity index (χ2v) is 7.15. The standard InChI is InChI=1S/C17H19N5O2S2/c1-4-22(11(2)23)17-18-13(10-26-17)9-25-16-19-15(20-21-16)12-5-7-14(24-3)8-6-12/h5-8,10H,4,9H2,1-3H3,(H,19,20,21). The number of aromatic amines is 1. The van der Waals surface area contributed by atoms with E-state index in [-0.39, 0.29) is 5.91 Å². The molecule has 0 saturated heterocycles. The van der Waals surface area contributed by atoms with Gasteiger partial charge in [0, 0.05) is 30.2 Å². The number of methoxy groups -OCH3 is 1. The molecule has 0 fully saturated rings. The van der Waals surface area contributed by atoms with Gasteiger partial charge in [-0.2, -0.15) is 0 Å². The third kappa shape index (κ3) is 4.23. The Kier molecular flexibility index (Phi) is 5.89. The smallest absolute Gasteiger partial charge is 0.225 e. The van der Waals surface area contributed by atoms with Crippen LogP contribution in [0.5, 0.6) is 5.75 Å². The van der Waals surface area contributed by atoms with E-state index in [1.807, 2.05) is 36.6 Å². The fourth-order valence-corrected chi connectivity index (χ4v) is 4.04. The van der Waals surface area contributed by atoms with Gasteiger partial charge in [0.25, 0.3) is 0 Å². The molecule has 0 spiro atoms. The van der Waals surface area contributed by atoms with Gasteiger partial charge in [-0.15, -0.1) is 16.4 Å². The van der Waals surface area contributed by atoms with Gasteiger partial charge >= 0.3 is 0 Å². The molecule has 1 amide bonds. The molecule has 0 aliphatic carbocycles. The Balaban J connectivity index is 1.63. The van der Waals surface area contributed by atoms with E-state index in [9.17, 15) is 4.79 Å². The Morgan fingerprint density at radius 2 is 2.08 bits per heavy atom. The summed E-state index contributed by atoms with van der Waals surface area (Å²) in [6, 6.07) is 7.63. The van der Waals surface area contributed by atoms with Crippen molar-refractivity contribution in [2.24, 2.45) is 0 Å². The van der Waals surface area contributed by atoms with Crippen molar-refractivity contribution in [1.82, 2.24) is 20.2 Å². The Morgan fingerprint density at radius 1 is 1.31 bits per heavy atom. The highest BCUT2D eigenvalue weighted by atomic mass is 32.2. The number of hydrogen-bond donors (Lipinski definition) is 1. The van der Waals surface area contributed by atoms with Crippen molar-refractivity contribution in [2.75, 3.05) is 18.6 Å². The largest absolute Gasteiger partial charge is 0.497 e. The van der Waals surface area contributed by atoms with Crippen LogP contribution in [0.2, 0.25) is 0 Å². The zero-order valence-electron chi connectivity index (χ0n) is 14.7. The Morgan fingerprint density at radius 3 is 2.73 bits per heavy atom. The van der Waals surface area contributed by atoms with Crippen LogP contribution in [0.1, 0.15) is 19.5 Å². The topological polar surface area (TPSA) is 84.0 Å². The average Bonchev–Trinajstić information content (AvgIpc) is 3.30. The number of amides is 1. The van der Waals surface area contributed by atoms with Crippen LogP contribution in [0.15, 0.2) is 34.8 Å². The zero-order chi connectivity index (χ0) is 18.5. The summed E-state index contributed by atoms with van der Waals surface area (Å²) < 4.78 is 5.16. The average molecular weight is 390 g/mol. The number of thiazole rings is 1. The second kappa shape index (κ2) is 8.33. The molecule has 0 unspecified atom stereocenters. The summed E-state index contributed by atoms with van der Waals surface area (Å²) in [6.07, 6.45) is 0. The monoisotopic (exact) mass is 389 g/mol. The molecule has 0 radical (unpaired) electrons. The van der Waals surface area contributed by atoms with Gasteiger partial charge in [-0.05, 0) is 31.2 Å². The van der Waals surface area contributed by atoms with Crippen molar-refractivity contribution >= 4 is 34.1 Å². The molecule has 1 aromatic carbocycles. The van der Waals surface area contributed by atoms with E-state index in [2.05, 4.69) is 20.2 Å². The fourth-order valence-electron chi connectivity index (χ4n) is 2.31. The maximum Gasteiger partial charge on any atom is 0.225 e. The zero-order valence-corrected chi connectivity index (χ0v) is 16.4. The molecule has 1 N–H and O–H groups in total. The number of anilines is 1. The van der Waals surface area contributed by atoms with E-state index in [1.165, 1.54) is 23.1 Å². The molecule has 0 aliphatic rings. The van der Waals surface area contributed by atoms with Crippen LogP contribution in [0.25, 0.3) is 11.4 Å². The van der Waals surface area contributed by atoms with Crippen molar-refractivity contribution in [1.29, 1.82) is 0 Å². The maximum absolute atomic E-state index is 11.6. The third-order valence-electron chi connectivity index (χ3n) is 3.64. The number of ether oxygens (including phenoxy) is 1. The minimum absolute atomic E-state index is 0.000783. The predicted molar refractivity (Wildman–Crippen MR) is 104 cm³/mol. The molecule has 0 aliphatic heterocycles. The van der Waals surface area contributed by atoms with E-state index in [0.29, 0.717) is 23.3 Å². The minimum atomic E-state index is -0.000783. The van der Waals surface area contributed by atoms with E-state index in [4.69, 9.17) is 4.74 Å². The molecular formula is C17H19N5O2S2. The normalized spacial score (nSPS) is 10.7. The number of carbonyl (C=O) groups is 1. The summed E-state index contributed by atoms with van der Waals surface area (Å²) in [5.41, 5.74) is 1.85. The first-order chi connectivity index (χ1) is 12.6. The first kappa shape index (κ1) is 18.4. The first-order valence-corrected chi connectivity index (χ1v) is 9.89. The Hall–Kier alpha value is -2.39. The lowest BCUT2D eigenvalue weighted by molar-refractivity contribution is -0.116. The summed E-state index contributed by atoms with van der Waals surface area (Å²) in [4.78, 5) is 22.3. The van der Waals surface area contributed by atoms with Crippen molar-refractivity contribution in [3.63, 3.8) is 0 Å². The summed E-state index contributed by atoms with van der Waals surface area (Å²) in [5.74, 6) is 2.15. The first-order valence-electron chi connectivity index (χ1n) is 8.02. The second-order valence-electron chi connectivity index (χ2n) is 5.37. The highest BCUT2D eigenvalue weighted by Crippen LogP contribution is 2.26. The van der Waals surface area contributed by atoms with Crippen LogP contribution < -0.4 is 9.64 Å². The van der Waals surface area contributed by atoms with Gasteiger partial charge in [0.2, 0.25) is 11.1 Å². The number of nitrogens with one attached hydrogen (secondary N) is 1. The molecule has 0 bridgehead atoms. The van der Waals surface area contributed by atoms with E-state index < -0.39 is 0 Å².